The first kappa shape index (κ1) is 17.3. The third-order valence-electron chi connectivity index (χ3n) is 4.88. The molecule has 1 aliphatic rings. The third kappa shape index (κ3) is 3.43. The summed E-state index contributed by atoms with van der Waals surface area (Å²) in [6, 6.07) is 7.09. The molecule has 0 aliphatic carbocycles. The van der Waals surface area contributed by atoms with Gasteiger partial charge in [-0.25, -0.2) is 4.98 Å². The number of methoxy groups -OCH3 is 1. The number of hydrogen-bond donors (Lipinski definition) is 2. The summed E-state index contributed by atoms with van der Waals surface area (Å²) in [5, 5.41) is 14.0. The number of carboxylic acids is 1. The number of aromatic amines is 1. The summed E-state index contributed by atoms with van der Waals surface area (Å²) >= 11 is 0. The van der Waals surface area contributed by atoms with Crippen LogP contribution in [0.3, 0.4) is 0 Å². The first-order valence-electron chi connectivity index (χ1n) is 8.78. The number of ether oxygens (including phenoxy) is 1. The predicted octanol–water partition coefficient (Wildman–Crippen LogP) is 1.85. The number of carboxylic acid groups (broad SMARTS) is 1. The molecule has 1 aromatic carbocycles. The van der Waals surface area contributed by atoms with E-state index in [9.17, 15) is 9.90 Å². The molecule has 0 saturated heterocycles. The van der Waals surface area contributed by atoms with E-state index in [1.165, 1.54) is 0 Å². The number of aromatic nitrogens is 4. The molecule has 8 heteroatoms. The lowest BCUT2D eigenvalue weighted by Crippen LogP contribution is -2.39. The Labute approximate surface area is 156 Å². The summed E-state index contributed by atoms with van der Waals surface area (Å²) in [4.78, 5) is 21.1. The fourth-order valence-electron chi connectivity index (χ4n) is 3.63. The molecule has 1 aliphatic heterocycles. The van der Waals surface area contributed by atoms with Gasteiger partial charge in [-0.1, -0.05) is 6.07 Å². The highest BCUT2D eigenvalue weighted by atomic mass is 16.5. The van der Waals surface area contributed by atoms with E-state index < -0.39 is 12.0 Å². The largest absolute Gasteiger partial charge is 0.496 e. The van der Waals surface area contributed by atoms with Crippen LogP contribution in [0.4, 0.5) is 0 Å². The Bertz CT molecular complexity index is 935. The Morgan fingerprint density at radius 3 is 3.04 bits per heavy atom. The molecule has 3 aromatic rings. The Morgan fingerprint density at radius 1 is 1.41 bits per heavy atom. The number of rotatable bonds is 6. The van der Waals surface area contributed by atoms with Crippen molar-refractivity contribution in [3.8, 4) is 5.75 Å². The van der Waals surface area contributed by atoms with E-state index in [4.69, 9.17) is 4.74 Å². The lowest BCUT2D eigenvalue weighted by molar-refractivity contribution is -0.144. The second-order valence-corrected chi connectivity index (χ2v) is 6.58. The fourth-order valence-corrected chi connectivity index (χ4v) is 3.63. The Balaban J connectivity index is 1.59. The van der Waals surface area contributed by atoms with Crippen molar-refractivity contribution < 1.29 is 14.6 Å². The van der Waals surface area contributed by atoms with Gasteiger partial charge in [0.15, 0.2) is 6.04 Å². The van der Waals surface area contributed by atoms with Gasteiger partial charge in [0.1, 0.15) is 5.75 Å². The van der Waals surface area contributed by atoms with Gasteiger partial charge < -0.3 is 14.8 Å². The highest BCUT2D eigenvalue weighted by molar-refractivity contribution is 5.75. The molecule has 0 spiro atoms. The summed E-state index contributed by atoms with van der Waals surface area (Å²) in [6.45, 7) is 1.78. The van der Waals surface area contributed by atoms with Crippen LogP contribution in [0.25, 0.3) is 0 Å². The smallest absolute Gasteiger partial charge is 0.327 e. The normalized spacial score (nSPS) is 16.9. The highest BCUT2D eigenvalue weighted by Gasteiger charge is 2.35. The number of nitrogens with one attached hydrogen (secondary N) is 1. The number of carbonyl (C=O) groups is 1. The molecular formula is C19H21N5O3. The monoisotopic (exact) mass is 367 g/mol. The topological polar surface area (TPSA) is 96.3 Å². The van der Waals surface area contributed by atoms with Crippen molar-refractivity contribution in [2.75, 3.05) is 13.7 Å². The van der Waals surface area contributed by atoms with E-state index in [-0.39, 0.29) is 0 Å². The Kier molecular flexibility index (Phi) is 4.64. The SMILES string of the molecule is COc1ccc(CN2CCc3[nH]cnc3[C@H]2C(=O)O)cc1Cn1cccn1. The molecule has 0 bridgehead atoms. The number of imidazole rings is 1. The predicted molar refractivity (Wildman–Crippen MR) is 97.4 cm³/mol. The molecule has 2 N–H and O–H groups in total. The van der Waals surface area contributed by atoms with Gasteiger partial charge in [0.2, 0.25) is 0 Å². The number of nitrogens with zero attached hydrogens (tertiary/aromatic N) is 4. The molecule has 1 atom stereocenters. The lowest BCUT2D eigenvalue weighted by atomic mass is 10.0. The number of hydrogen-bond acceptors (Lipinski definition) is 5. The first-order valence-corrected chi connectivity index (χ1v) is 8.78. The quantitative estimate of drug-likeness (QED) is 0.690. The minimum atomic E-state index is -0.881. The molecule has 0 amide bonds. The summed E-state index contributed by atoms with van der Waals surface area (Å²) < 4.78 is 7.30. The number of fused-ring (bicyclic) bond motifs is 1. The van der Waals surface area contributed by atoms with Gasteiger partial charge in [-0.2, -0.15) is 5.10 Å². The van der Waals surface area contributed by atoms with Crippen LogP contribution in [0.2, 0.25) is 0 Å². The Morgan fingerprint density at radius 2 is 2.30 bits per heavy atom. The molecular weight excluding hydrogens is 346 g/mol. The van der Waals surface area contributed by atoms with Gasteiger partial charge in [-0.3, -0.25) is 14.4 Å². The van der Waals surface area contributed by atoms with Crippen LogP contribution in [0.5, 0.6) is 5.75 Å². The van der Waals surface area contributed by atoms with E-state index in [0.29, 0.717) is 25.3 Å². The van der Waals surface area contributed by atoms with Crippen molar-refractivity contribution in [2.24, 2.45) is 0 Å². The molecule has 2 aromatic heterocycles. The Hall–Kier alpha value is -3.13. The summed E-state index contributed by atoms with van der Waals surface area (Å²) in [5.74, 6) is -0.0920. The molecule has 4 rings (SSSR count). The van der Waals surface area contributed by atoms with Crippen LogP contribution in [-0.4, -0.2) is 49.4 Å². The maximum Gasteiger partial charge on any atom is 0.327 e. The van der Waals surface area contributed by atoms with E-state index in [0.717, 1.165) is 29.0 Å². The van der Waals surface area contributed by atoms with Crippen molar-refractivity contribution >= 4 is 5.97 Å². The van der Waals surface area contributed by atoms with Crippen molar-refractivity contribution in [1.82, 2.24) is 24.6 Å². The number of aliphatic carboxylic acids is 1. The molecule has 0 saturated carbocycles. The third-order valence-corrected chi connectivity index (χ3v) is 4.88. The van der Waals surface area contributed by atoms with Crippen molar-refractivity contribution in [3.05, 3.63) is 65.5 Å². The van der Waals surface area contributed by atoms with E-state index >= 15 is 0 Å². The maximum atomic E-state index is 11.9. The van der Waals surface area contributed by atoms with Crippen molar-refractivity contribution in [2.45, 2.75) is 25.6 Å². The van der Waals surface area contributed by atoms with Gasteiger partial charge in [0.05, 0.1) is 25.7 Å². The number of H-pyrrole nitrogens is 1. The fraction of sp³-hybridized carbons (Fsp3) is 0.316. The molecule has 0 radical (unpaired) electrons. The van der Waals surface area contributed by atoms with Gasteiger partial charge in [-0.15, -0.1) is 0 Å². The zero-order chi connectivity index (χ0) is 18.8. The molecule has 0 unspecified atom stereocenters. The van der Waals surface area contributed by atoms with Crippen molar-refractivity contribution in [3.63, 3.8) is 0 Å². The zero-order valence-corrected chi connectivity index (χ0v) is 15.0. The van der Waals surface area contributed by atoms with Crippen LogP contribution in [0.15, 0.2) is 43.0 Å². The summed E-state index contributed by atoms with van der Waals surface area (Å²) in [7, 11) is 1.64. The average Bonchev–Trinajstić information content (AvgIpc) is 3.33. The molecule has 8 nitrogen and oxygen atoms in total. The average molecular weight is 367 g/mol. The van der Waals surface area contributed by atoms with E-state index in [1.54, 1.807) is 19.6 Å². The molecule has 0 fully saturated rings. The summed E-state index contributed by atoms with van der Waals surface area (Å²) in [6.07, 6.45) is 5.97. The number of benzene rings is 1. The first-order chi connectivity index (χ1) is 13.2. The second-order valence-electron chi connectivity index (χ2n) is 6.58. The van der Waals surface area contributed by atoms with Gasteiger partial charge in [0, 0.05) is 43.2 Å². The van der Waals surface area contributed by atoms with Gasteiger partial charge in [0.25, 0.3) is 0 Å². The minimum Gasteiger partial charge on any atom is -0.496 e. The maximum absolute atomic E-state index is 11.9. The highest BCUT2D eigenvalue weighted by Crippen LogP contribution is 2.30. The molecule has 27 heavy (non-hydrogen) atoms. The van der Waals surface area contributed by atoms with Gasteiger partial charge in [-0.05, 0) is 23.8 Å². The van der Waals surface area contributed by atoms with Crippen molar-refractivity contribution in [1.29, 1.82) is 0 Å². The van der Waals surface area contributed by atoms with Crippen LogP contribution in [0, 0.1) is 0 Å². The minimum absolute atomic E-state index is 0.527. The standard InChI is InChI=1S/C19H21N5O3/c1-27-16-4-3-13(9-14(16)11-24-7-2-6-22-24)10-23-8-5-15-17(21-12-20-15)18(23)19(25)26/h2-4,6-7,9,12,18H,5,8,10-11H2,1H3,(H,20,21)(H,25,26)/t18-/m0/s1. The molecule has 3 heterocycles. The van der Waals surface area contributed by atoms with E-state index in [1.807, 2.05) is 34.0 Å². The molecule has 140 valence electrons. The van der Waals surface area contributed by atoms with Crippen LogP contribution >= 0.6 is 0 Å². The lowest BCUT2D eigenvalue weighted by Gasteiger charge is -2.32. The van der Waals surface area contributed by atoms with Gasteiger partial charge >= 0.3 is 5.97 Å². The van der Waals surface area contributed by atoms with Crippen LogP contribution < -0.4 is 4.74 Å². The summed E-state index contributed by atoms with van der Waals surface area (Å²) in [5.41, 5.74) is 3.55. The van der Waals surface area contributed by atoms with Crippen LogP contribution in [-0.2, 0) is 24.3 Å². The second kappa shape index (κ2) is 7.24. The van der Waals surface area contributed by atoms with Crippen LogP contribution in [0.1, 0.15) is 28.6 Å². The zero-order valence-electron chi connectivity index (χ0n) is 15.0. The van der Waals surface area contributed by atoms with E-state index in [2.05, 4.69) is 21.1 Å².